The Kier molecular flexibility index (Phi) is 5.15. The number of hydrogen-bond acceptors (Lipinski definition) is 3. The summed E-state index contributed by atoms with van der Waals surface area (Å²) in [6.45, 7) is 7.56. The molecule has 2 rings (SSSR count). The van der Waals surface area contributed by atoms with E-state index >= 15 is 0 Å². The number of aliphatic carboxylic acids is 1. The molecule has 1 aromatic rings. The minimum atomic E-state index is -0.728. The van der Waals surface area contributed by atoms with Gasteiger partial charge < -0.3 is 5.11 Å². The first-order chi connectivity index (χ1) is 9.58. The van der Waals surface area contributed by atoms with Gasteiger partial charge in [0.1, 0.15) is 6.04 Å². The van der Waals surface area contributed by atoms with Crippen molar-refractivity contribution in [3.63, 3.8) is 0 Å². The largest absolute Gasteiger partial charge is 0.480 e. The molecular formula is C16H24N2O2. The molecule has 4 nitrogen and oxygen atoms in total. The number of benzene rings is 1. The average molecular weight is 276 g/mol. The first-order valence-electron chi connectivity index (χ1n) is 7.32. The Hall–Kier alpha value is -1.39. The lowest BCUT2D eigenvalue weighted by Gasteiger charge is -2.26. The van der Waals surface area contributed by atoms with E-state index in [1.165, 1.54) is 5.56 Å². The molecule has 0 aliphatic carbocycles. The second kappa shape index (κ2) is 6.86. The van der Waals surface area contributed by atoms with E-state index in [9.17, 15) is 4.79 Å². The van der Waals surface area contributed by atoms with Crippen LogP contribution in [-0.2, 0) is 11.3 Å². The van der Waals surface area contributed by atoms with E-state index in [-0.39, 0.29) is 6.04 Å². The van der Waals surface area contributed by atoms with Crippen LogP contribution in [0.25, 0.3) is 0 Å². The summed E-state index contributed by atoms with van der Waals surface area (Å²) in [5.74, 6) is -0.728. The van der Waals surface area contributed by atoms with E-state index in [4.69, 9.17) is 5.11 Å². The van der Waals surface area contributed by atoms with Crippen LogP contribution in [0.4, 0.5) is 0 Å². The first-order valence-corrected chi connectivity index (χ1v) is 7.32. The molecule has 1 aliphatic heterocycles. The van der Waals surface area contributed by atoms with Crippen LogP contribution < -0.4 is 0 Å². The van der Waals surface area contributed by atoms with Gasteiger partial charge in [-0.25, -0.2) is 0 Å². The molecule has 0 saturated carbocycles. The fraction of sp³-hybridized carbons (Fsp3) is 0.562. The van der Waals surface area contributed by atoms with Gasteiger partial charge in [0.05, 0.1) is 0 Å². The predicted octanol–water partition coefficient (Wildman–Crippen LogP) is 2.06. The smallest absolute Gasteiger partial charge is 0.320 e. The maximum absolute atomic E-state index is 11.1. The maximum Gasteiger partial charge on any atom is 0.320 e. The standard InChI is InChI=1S/C16H24N2O2/c1-13-8-9-17(14(2)16(19)20)10-11-18(13)12-15-6-4-3-5-7-15/h3-7,13-14H,8-12H2,1-2H3,(H,19,20)/t13-,14+/m1/s1. The first kappa shape index (κ1) is 15.0. The van der Waals surface area contributed by atoms with Crippen molar-refractivity contribution in [1.29, 1.82) is 0 Å². The SMILES string of the molecule is C[C@@H]1CCN([C@@H](C)C(=O)O)CCN1Cc1ccccc1. The van der Waals surface area contributed by atoms with Crippen LogP contribution in [-0.4, -0.2) is 52.6 Å². The molecule has 0 bridgehead atoms. The Morgan fingerprint density at radius 3 is 2.65 bits per heavy atom. The van der Waals surface area contributed by atoms with Crippen molar-refractivity contribution in [2.24, 2.45) is 0 Å². The van der Waals surface area contributed by atoms with E-state index in [0.717, 1.165) is 32.6 Å². The highest BCUT2D eigenvalue weighted by Crippen LogP contribution is 2.16. The third-order valence-electron chi connectivity index (χ3n) is 4.27. The molecule has 20 heavy (non-hydrogen) atoms. The lowest BCUT2D eigenvalue weighted by Crippen LogP contribution is -2.41. The summed E-state index contributed by atoms with van der Waals surface area (Å²) in [5.41, 5.74) is 1.32. The van der Waals surface area contributed by atoms with Crippen LogP contribution in [0.3, 0.4) is 0 Å². The molecule has 1 aromatic carbocycles. The van der Waals surface area contributed by atoms with Gasteiger partial charge in [0.25, 0.3) is 0 Å². The highest BCUT2D eigenvalue weighted by molar-refractivity contribution is 5.72. The van der Waals surface area contributed by atoms with Crippen LogP contribution in [0.2, 0.25) is 0 Å². The van der Waals surface area contributed by atoms with Crippen molar-refractivity contribution in [2.45, 2.75) is 38.9 Å². The molecular weight excluding hydrogens is 252 g/mol. The third-order valence-corrected chi connectivity index (χ3v) is 4.27. The van der Waals surface area contributed by atoms with Gasteiger partial charge >= 0.3 is 5.97 Å². The van der Waals surface area contributed by atoms with Crippen molar-refractivity contribution < 1.29 is 9.90 Å². The molecule has 4 heteroatoms. The molecule has 0 spiro atoms. The summed E-state index contributed by atoms with van der Waals surface area (Å²) in [4.78, 5) is 15.6. The van der Waals surface area contributed by atoms with Gasteiger partial charge in [-0.2, -0.15) is 0 Å². The Morgan fingerprint density at radius 1 is 1.30 bits per heavy atom. The second-order valence-corrected chi connectivity index (χ2v) is 5.64. The molecule has 0 radical (unpaired) electrons. The van der Waals surface area contributed by atoms with E-state index in [0.29, 0.717) is 6.04 Å². The molecule has 110 valence electrons. The molecule has 0 amide bonds. The van der Waals surface area contributed by atoms with Crippen LogP contribution >= 0.6 is 0 Å². The quantitative estimate of drug-likeness (QED) is 0.914. The van der Waals surface area contributed by atoms with Crippen LogP contribution in [0.5, 0.6) is 0 Å². The second-order valence-electron chi connectivity index (χ2n) is 5.64. The molecule has 1 aliphatic rings. The summed E-state index contributed by atoms with van der Waals surface area (Å²) in [6.07, 6.45) is 1.02. The number of hydrogen-bond donors (Lipinski definition) is 1. The molecule has 1 fully saturated rings. The minimum absolute atomic E-state index is 0.390. The third kappa shape index (κ3) is 3.81. The highest BCUT2D eigenvalue weighted by Gasteiger charge is 2.26. The summed E-state index contributed by atoms with van der Waals surface area (Å²) in [5, 5.41) is 9.14. The Bertz CT molecular complexity index is 435. The molecule has 2 atom stereocenters. The lowest BCUT2D eigenvalue weighted by molar-refractivity contribution is -0.142. The van der Waals surface area contributed by atoms with Gasteiger partial charge in [-0.05, 0) is 25.8 Å². The van der Waals surface area contributed by atoms with Gasteiger partial charge in [0, 0.05) is 32.2 Å². The van der Waals surface area contributed by atoms with Crippen molar-refractivity contribution >= 4 is 5.97 Å². The van der Waals surface area contributed by atoms with E-state index in [2.05, 4.69) is 41.0 Å². The van der Waals surface area contributed by atoms with E-state index < -0.39 is 5.97 Å². The molecule has 1 saturated heterocycles. The number of rotatable bonds is 4. The van der Waals surface area contributed by atoms with Gasteiger partial charge in [0.15, 0.2) is 0 Å². The lowest BCUT2D eigenvalue weighted by atomic mass is 10.1. The maximum atomic E-state index is 11.1. The molecule has 1 heterocycles. The fourth-order valence-electron chi connectivity index (χ4n) is 2.72. The summed E-state index contributed by atoms with van der Waals surface area (Å²) >= 11 is 0. The van der Waals surface area contributed by atoms with Crippen molar-refractivity contribution in [1.82, 2.24) is 9.80 Å². The zero-order chi connectivity index (χ0) is 14.5. The monoisotopic (exact) mass is 276 g/mol. The van der Waals surface area contributed by atoms with Crippen molar-refractivity contribution in [3.8, 4) is 0 Å². The van der Waals surface area contributed by atoms with Crippen molar-refractivity contribution in [3.05, 3.63) is 35.9 Å². The molecule has 1 N–H and O–H groups in total. The topological polar surface area (TPSA) is 43.8 Å². The fourth-order valence-corrected chi connectivity index (χ4v) is 2.72. The zero-order valence-corrected chi connectivity index (χ0v) is 12.3. The number of nitrogens with zero attached hydrogens (tertiary/aromatic N) is 2. The van der Waals surface area contributed by atoms with Gasteiger partial charge in [-0.1, -0.05) is 30.3 Å². The Morgan fingerprint density at radius 2 is 2.00 bits per heavy atom. The predicted molar refractivity (Wildman–Crippen MR) is 79.6 cm³/mol. The average Bonchev–Trinajstić information content (AvgIpc) is 2.62. The van der Waals surface area contributed by atoms with E-state index in [1.807, 2.05) is 6.07 Å². The summed E-state index contributed by atoms with van der Waals surface area (Å²) in [7, 11) is 0. The summed E-state index contributed by atoms with van der Waals surface area (Å²) in [6, 6.07) is 10.6. The number of carboxylic acids is 1. The summed E-state index contributed by atoms with van der Waals surface area (Å²) < 4.78 is 0. The van der Waals surface area contributed by atoms with Crippen LogP contribution in [0.15, 0.2) is 30.3 Å². The van der Waals surface area contributed by atoms with Gasteiger partial charge in [0.2, 0.25) is 0 Å². The normalized spacial score (nSPS) is 23.2. The van der Waals surface area contributed by atoms with Gasteiger partial charge in [-0.15, -0.1) is 0 Å². The number of carboxylic acid groups (broad SMARTS) is 1. The van der Waals surface area contributed by atoms with E-state index in [1.54, 1.807) is 6.92 Å². The minimum Gasteiger partial charge on any atom is -0.480 e. The van der Waals surface area contributed by atoms with Crippen LogP contribution in [0.1, 0.15) is 25.8 Å². The molecule has 0 unspecified atom stereocenters. The number of carbonyl (C=O) groups is 1. The Balaban J connectivity index is 1.97. The highest BCUT2D eigenvalue weighted by atomic mass is 16.4. The zero-order valence-electron chi connectivity index (χ0n) is 12.3. The van der Waals surface area contributed by atoms with Crippen LogP contribution in [0, 0.1) is 0 Å². The van der Waals surface area contributed by atoms with Gasteiger partial charge in [-0.3, -0.25) is 14.6 Å². The van der Waals surface area contributed by atoms with Crippen molar-refractivity contribution in [2.75, 3.05) is 19.6 Å². The Labute approximate surface area is 121 Å². The molecule has 0 aromatic heterocycles.